The van der Waals surface area contributed by atoms with Gasteiger partial charge in [0.05, 0.1) is 5.69 Å². The van der Waals surface area contributed by atoms with Crippen molar-refractivity contribution >= 4 is 28.3 Å². The molecule has 4 aromatic heterocycles. The van der Waals surface area contributed by atoms with E-state index in [1.807, 2.05) is 30.5 Å². The molecule has 1 aliphatic carbocycles. The zero-order valence-electron chi connectivity index (χ0n) is 17.3. The summed E-state index contributed by atoms with van der Waals surface area (Å²) in [6.07, 6.45) is 9.87. The monoisotopic (exact) mass is 426 g/mol. The lowest BCUT2D eigenvalue weighted by Gasteiger charge is -2.11. The Balaban J connectivity index is 1.41. The molecule has 1 fully saturated rings. The largest absolute Gasteiger partial charge is 0.396 e. The molecule has 160 valence electrons. The molecule has 1 aliphatic rings. The number of aliphatic hydroxyl groups excluding tert-OH is 1. The Morgan fingerprint density at radius 3 is 2.84 bits per heavy atom. The fraction of sp³-hybridized carbons (Fsp3) is 0.208. The molecule has 0 saturated heterocycles. The Kier molecular flexibility index (Phi) is 5.20. The van der Waals surface area contributed by atoms with Gasteiger partial charge in [-0.1, -0.05) is 6.07 Å². The number of nitrogens with one attached hydrogen (secondary N) is 1. The zero-order chi connectivity index (χ0) is 22.1. The van der Waals surface area contributed by atoms with E-state index in [4.69, 9.17) is 5.73 Å². The molecule has 0 unspecified atom stereocenters. The van der Waals surface area contributed by atoms with Crippen molar-refractivity contribution in [3.63, 3.8) is 0 Å². The number of hydrogen-bond acceptors (Lipinski definition) is 7. The number of aliphatic hydroxyl groups is 1. The maximum Gasteiger partial charge on any atom is 0.229 e. The molecule has 4 heterocycles. The van der Waals surface area contributed by atoms with Crippen molar-refractivity contribution in [2.75, 3.05) is 17.7 Å². The van der Waals surface area contributed by atoms with Gasteiger partial charge in [0.15, 0.2) is 0 Å². The number of pyridine rings is 4. The molecule has 0 spiro atoms. The van der Waals surface area contributed by atoms with Crippen LogP contribution in [0.1, 0.15) is 23.5 Å². The van der Waals surface area contributed by atoms with Gasteiger partial charge in [-0.15, -0.1) is 0 Å². The van der Waals surface area contributed by atoms with E-state index in [-0.39, 0.29) is 24.3 Å². The Morgan fingerprint density at radius 1 is 1.16 bits per heavy atom. The number of nitrogens with two attached hydrogens (primary N) is 1. The number of fused-ring (bicyclic) bond motifs is 1. The highest BCUT2D eigenvalue weighted by molar-refractivity contribution is 5.98. The van der Waals surface area contributed by atoms with Gasteiger partial charge in [0.2, 0.25) is 5.91 Å². The van der Waals surface area contributed by atoms with Crippen molar-refractivity contribution in [2.24, 2.45) is 5.92 Å². The molecule has 8 nitrogen and oxygen atoms in total. The molecule has 0 aromatic carbocycles. The predicted molar refractivity (Wildman–Crippen MR) is 122 cm³/mol. The highest BCUT2D eigenvalue weighted by Gasteiger charge is 2.44. The smallest absolute Gasteiger partial charge is 0.229 e. The summed E-state index contributed by atoms with van der Waals surface area (Å²) in [5, 5.41) is 13.8. The first kappa shape index (κ1) is 20.0. The lowest BCUT2D eigenvalue weighted by Crippen LogP contribution is -2.15. The first-order valence-electron chi connectivity index (χ1n) is 10.4. The molecule has 4 aromatic rings. The van der Waals surface area contributed by atoms with Crippen LogP contribution >= 0.6 is 0 Å². The molecular weight excluding hydrogens is 404 g/mol. The molecule has 32 heavy (non-hydrogen) atoms. The number of nitrogens with zero attached hydrogens (tertiary/aromatic N) is 4. The molecule has 5 rings (SSSR count). The number of carbonyl (C=O) groups excluding carboxylic acids is 1. The van der Waals surface area contributed by atoms with Gasteiger partial charge in [-0.3, -0.25) is 14.8 Å². The molecule has 1 amide bonds. The summed E-state index contributed by atoms with van der Waals surface area (Å²) in [5.74, 6) is 0.890. The van der Waals surface area contributed by atoms with Crippen molar-refractivity contribution in [1.29, 1.82) is 0 Å². The van der Waals surface area contributed by atoms with Crippen molar-refractivity contribution in [1.82, 2.24) is 19.9 Å². The summed E-state index contributed by atoms with van der Waals surface area (Å²) >= 11 is 0. The third-order valence-electron chi connectivity index (χ3n) is 5.80. The van der Waals surface area contributed by atoms with Gasteiger partial charge in [0, 0.05) is 54.5 Å². The predicted octanol–water partition coefficient (Wildman–Crippen LogP) is 2.95. The summed E-state index contributed by atoms with van der Waals surface area (Å²) in [5.41, 5.74) is 9.69. The number of aromatic nitrogens is 4. The fourth-order valence-corrected chi connectivity index (χ4v) is 4.04. The van der Waals surface area contributed by atoms with Crippen molar-refractivity contribution in [3.8, 4) is 11.3 Å². The molecule has 0 bridgehead atoms. The average Bonchev–Trinajstić information content (AvgIpc) is 3.61. The minimum Gasteiger partial charge on any atom is -0.396 e. The van der Waals surface area contributed by atoms with Crippen LogP contribution in [-0.4, -0.2) is 37.6 Å². The van der Waals surface area contributed by atoms with Crippen molar-refractivity contribution in [3.05, 3.63) is 72.4 Å². The minimum absolute atomic E-state index is 0.0291. The first-order valence-corrected chi connectivity index (χ1v) is 10.4. The number of rotatable bonds is 6. The number of carbonyl (C=O) groups is 1. The van der Waals surface area contributed by atoms with Crippen LogP contribution < -0.4 is 11.1 Å². The third-order valence-corrected chi connectivity index (χ3v) is 5.80. The topological polar surface area (TPSA) is 127 Å². The minimum atomic E-state index is -0.0776. The van der Waals surface area contributed by atoms with Crippen LogP contribution in [0.4, 0.5) is 11.6 Å². The number of nitrogen functional groups attached to an aromatic ring is 1. The van der Waals surface area contributed by atoms with Gasteiger partial charge in [0.25, 0.3) is 0 Å². The molecule has 2 atom stereocenters. The van der Waals surface area contributed by atoms with E-state index < -0.39 is 0 Å². The maximum absolute atomic E-state index is 12.7. The van der Waals surface area contributed by atoms with E-state index in [1.54, 1.807) is 30.9 Å². The SMILES string of the molecule is Nc1nc(-c2cnccc2CCO)cc2cc(NC(=O)[C@H]3C[C@@H]3c3cccnc3)ncc12. The lowest BCUT2D eigenvalue weighted by atomic mass is 10.0. The normalized spacial score (nSPS) is 17.3. The molecule has 1 saturated carbocycles. The molecular formula is C24H22N6O2. The van der Waals surface area contributed by atoms with E-state index in [0.29, 0.717) is 29.1 Å². The van der Waals surface area contributed by atoms with E-state index in [2.05, 4.69) is 25.3 Å². The maximum atomic E-state index is 12.7. The van der Waals surface area contributed by atoms with Gasteiger partial charge in [0.1, 0.15) is 11.6 Å². The standard InChI is InChI=1S/C24H22N6O2/c25-23-20-13-28-22(30-24(32)18-10-17(18)15-2-1-5-26-11-15)9-16(20)8-21(29-23)19-12-27-6-3-14(19)4-7-31/h1-3,5-6,8-9,11-13,17-18,31H,4,7,10H2,(H2,25,29)(H,28,30,32)/t17-,18+/m1/s1. The number of hydrogen-bond donors (Lipinski definition) is 3. The van der Waals surface area contributed by atoms with Crippen LogP contribution in [0.25, 0.3) is 22.0 Å². The zero-order valence-corrected chi connectivity index (χ0v) is 17.3. The van der Waals surface area contributed by atoms with Gasteiger partial charge in [-0.2, -0.15) is 0 Å². The summed E-state index contributed by atoms with van der Waals surface area (Å²) in [7, 11) is 0. The van der Waals surface area contributed by atoms with Crippen LogP contribution in [0.15, 0.2) is 61.3 Å². The molecule has 4 N–H and O–H groups in total. The Labute approximate surface area is 184 Å². The molecule has 0 aliphatic heterocycles. The van der Waals surface area contributed by atoms with Gasteiger partial charge >= 0.3 is 0 Å². The highest BCUT2D eigenvalue weighted by atomic mass is 16.3. The van der Waals surface area contributed by atoms with Crippen LogP contribution in [0, 0.1) is 5.92 Å². The van der Waals surface area contributed by atoms with Crippen molar-refractivity contribution < 1.29 is 9.90 Å². The fourth-order valence-electron chi connectivity index (χ4n) is 4.04. The lowest BCUT2D eigenvalue weighted by molar-refractivity contribution is -0.117. The quantitative estimate of drug-likeness (QED) is 0.432. The van der Waals surface area contributed by atoms with Gasteiger partial charge in [-0.05, 0) is 59.5 Å². The Morgan fingerprint density at radius 2 is 2.03 bits per heavy atom. The molecule has 8 heteroatoms. The second-order valence-corrected chi connectivity index (χ2v) is 7.91. The summed E-state index contributed by atoms with van der Waals surface area (Å²) in [6, 6.07) is 9.45. The number of anilines is 2. The van der Waals surface area contributed by atoms with E-state index >= 15 is 0 Å². The third kappa shape index (κ3) is 3.88. The van der Waals surface area contributed by atoms with Crippen molar-refractivity contribution in [2.45, 2.75) is 18.8 Å². The van der Waals surface area contributed by atoms with E-state index in [0.717, 1.165) is 28.5 Å². The average molecular weight is 426 g/mol. The Hall–Kier alpha value is -3.91. The summed E-state index contributed by atoms with van der Waals surface area (Å²) in [4.78, 5) is 29.9. The Bertz CT molecular complexity index is 1290. The summed E-state index contributed by atoms with van der Waals surface area (Å²) < 4.78 is 0. The first-order chi connectivity index (χ1) is 15.6. The van der Waals surface area contributed by atoms with Crippen LogP contribution in [0.3, 0.4) is 0 Å². The van der Waals surface area contributed by atoms with Gasteiger partial charge < -0.3 is 16.2 Å². The highest BCUT2D eigenvalue weighted by Crippen LogP contribution is 2.47. The van der Waals surface area contributed by atoms with Crippen LogP contribution in [-0.2, 0) is 11.2 Å². The van der Waals surface area contributed by atoms with Gasteiger partial charge in [-0.25, -0.2) is 9.97 Å². The second kappa shape index (κ2) is 8.32. The summed E-state index contributed by atoms with van der Waals surface area (Å²) in [6.45, 7) is 0.0291. The van der Waals surface area contributed by atoms with Crippen LogP contribution in [0.2, 0.25) is 0 Å². The van der Waals surface area contributed by atoms with E-state index in [1.165, 1.54) is 0 Å². The van der Waals surface area contributed by atoms with E-state index in [9.17, 15) is 9.90 Å². The van der Waals surface area contributed by atoms with Crippen LogP contribution in [0.5, 0.6) is 0 Å². The molecule has 0 radical (unpaired) electrons. The number of amides is 1. The second-order valence-electron chi connectivity index (χ2n) is 7.91.